The minimum Gasteiger partial charge on any atom is -0.481 e. The highest BCUT2D eigenvalue weighted by molar-refractivity contribution is 5.67. The van der Waals surface area contributed by atoms with Crippen LogP contribution in [-0.2, 0) is 4.79 Å². The molecular formula is C16H24N2O2. The Kier molecular flexibility index (Phi) is 5.87. The van der Waals surface area contributed by atoms with E-state index in [4.69, 9.17) is 5.11 Å². The molecule has 2 rings (SSSR count). The Balaban J connectivity index is 1.89. The fourth-order valence-corrected chi connectivity index (χ4v) is 2.68. The molecule has 0 aromatic heterocycles. The Morgan fingerprint density at radius 2 is 1.80 bits per heavy atom. The van der Waals surface area contributed by atoms with Gasteiger partial charge in [0.25, 0.3) is 0 Å². The predicted molar refractivity (Wildman–Crippen MR) is 81.2 cm³/mol. The summed E-state index contributed by atoms with van der Waals surface area (Å²) in [6.45, 7) is 4.86. The lowest BCUT2D eigenvalue weighted by molar-refractivity contribution is -0.136. The van der Waals surface area contributed by atoms with Gasteiger partial charge < -0.3 is 14.9 Å². The second-order valence-corrected chi connectivity index (χ2v) is 5.37. The molecule has 1 aromatic rings. The van der Waals surface area contributed by atoms with Gasteiger partial charge in [0.1, 0.15) is 0 Å². The maximum Gasteiger partial charge on any atom is 0.305 e. The van der Waals surface area contributed by atoms with Gasteiger partial charge in [0, 0.05) is 25.3 Å². The molecule has 1 saturated heterocycles. The molecule has 1 aliphatic rings. The summed E-state index contributed by atoms with van der Waals surface area (Å²) < 4.78 is 0. The van der Waals surface area contributed by atoms with Gasteiger partial charge in [-0.1, -0.05) is 24.6 Å². The minimum atomic E-state index is -0.732. The summed E-state index contributed by atoms with van der Waals surface area (Å²) in [5.74, 6) is -0.732. The van der Waals surface area contributed by atoms with Crippen LogP contribution in [0, 0.1) is 0 Å². The van der Waals surface area contributed by atoms with Crippen LogP contribution in [0.3, 0.4) is 0 Å². The van der Waals surface area contributed by atoms with Crippen LogP contribution in [0.5, 0.6) is 0 Å². The van der Waals surface area contributed by atoms with E-state index in [1.807, 2.05) is 18.2 Å². The molecule has 0 radical (unpaired) electrons. The molecule has 20 heavy (non-hydrogen) atoms. The predicted octanol–water partition coefficient (Wildman–Crippen LogP) is 2.45. The van der Waals surface area contributed by atoms with Crippen LogP contribution in [0.25, 0.3) is 0 Å². The molecule has 1 aromatic carbocycles. The molecule has 1 N–H and O–H groups in total. The van der Waals surface area contributed by atoms with Gasteiger partial charge in [0.05, 0.1) is 6.42 Å². The van der Waals surface area contributed by atoms with Crippen molar-refractivity contribution in [1.82, 2.24) is 4.90 Å². The van der Waals surface area contributed by atoms with E-state index in [1.54, 1.807) is 0 Å². The summed E-state index contributed by atoms with van der Waals surface area (Å²) in [5, 5.41) is 8.89. The monoisotopic (exact) mass is 276 g/mol. The first kappa shape index (κ1) is 14.9. The van der Waals surface area contributed by atoms with Crippen molar-refractivity contribution in [2.75, 3.05) is 37.6 Å². The highest BCUT2D eigenvalue weighted by Crippen LogP contribution is 2.14. The number of benzene rings is 1. The van der Waals surface area contributed by atoms with Crippen molar-refractivity contribution in [2.45, 2.75) is 25.7 Å². The van der Waals surface area contributed by atoms with Crippen LogP contribution in [-0.4, -0.2) is 48.7 Å². The fourth-order valence-electron chi connectivity index (χ4n) is 2.68. The van der Waals surface area contributed by atoms with Crippen molar-refractivity contribution in [3.05, 3.63) is 30.3 Å². The average Bonchev–Trinajstić information content (AvgIpc) is 2.49. The zero-order valence-corrected chi connectivity index (χ0v) is 12.0. The van der Waals surface area contributed by atoms with E-state index >= 15 is 0 Å². The summed E-state index contributed by atoms with van der Waals surface area (Å²) in [6, 6.07) is 10.1. The molecule has 0 aliphatic carbocycles. The van der Waals surface area contributed by atoms with E-state index in [-0.39, 0.29) is 6.42 Å². The smallest absolute Gasteiger partial charge is 0.305 e. The number of rotatable bonds is 7. The summed E-state index contributed by atoms with van der Waals surface area (Å²) in [7, 11) is 0. The van der Waals surface area contributed by atoms with Crippen LogP contribution in [0.2, 0.25) is 0 Å². The number of hydrogen-bond acceptors (Lipinski definition) is 3. The molecule has 110 valence electrons. The van der Waals surface area contributed by atoms with Gasteiger partial charge in [-0.05, 0) is 38.1 Å². The number of carboxylic acids is 1. The molecule has 0 atom stereocenters. The third-order valence-electron chi connectivity index (χ3n) is 3.85. The van der Waals surface area contributed by atoms with Crippen molar-refractivity contribution >= 4 is 11.7 Å². The fraction of sp³-hybridized carbons (Fsp3) is 0.562. The minimum absolute atomic E-state index is 0.189. The standard InChI is InChI=1S/C16H24N2O2/c19-16(20)9-12-18(15-7-3-1-4-8-15)14-13-17-10-5-2-6-11-17/h1,3-4,7-8H,2,5-6,9-14H2,(H,19,20). The van der Waals surface area contributed by atoms with Crippen molar-refractivity contribution in [3.8, 4) is 0 Å². The molecule has 4 heteroatoms. The third-order valence-corrected chi connectivity index (χ3v) is 3.85. The second-order valence-electron chi connectivity index (χ2n) is 5.37. The highest BCUT2D eigenvalue weighted by atomic mass is 16.4. The lowest BCUT2D eigenvalue weighted by Crippen LogP contribution is -2.38. The molecule has 4 nitrogen and oxygen atoms in total. The number of carbonyl (C=O) groups is 1. The van der Waals surface area contributed by atoms with E-state index in [0.29, 0.717) is 6.54 Å². The molecule has 1 aliphatic heterocycles. The number of nitrogens with zero attached hydrogens (tertiary/aromatic N) is 2. The summed E-state index contributed by atoms with van der Waals surface area (Å²) in [6.07, 6.45) is 4.12. The van der Waals surface area contributed by atoms with Crippen LogP contribution < -0.4 is 4.90 Å². The van der Waals surface area contributed by atoms with Crippen molar-refractivity contribution in [3.63, 3.8) is 0 Å². The zero-order valence-electron chi connectivity index (χ0n) is 12.0. The number of likely N-dealkylation sites (tertiary alicyclic amines) is 1. The van der Waals surface area contributed by atoms with Crippen molar-refractivity contribution < 1.29 is 9.90 Å². The highest BCUT2D eigenvalue weighted by Gasteiger charge is 2.13. The maximum atomic E-state index is 10.8. The Bertz CT molecular complexity index is 402. The molecule has 1 fully saturated rings. The molecule has 0 amide bonds. The second kappa shape index (κ2) is 7.90. The van der Waals surface area contributed by atoms with Crippen LogP contribution in [0.1, 0.15) is 25.7 Å². The summed E-state index contributed by atoms with van der Waals surface area (Å²) in [5.41, 5.74) is 1.12. The SMILES string of the molecule is O=C(O)CCN(CCN1CCCCC1)c1ccccc1. The van der Waals surface area contributed by atoms with Crippen LogP contribution in [0.15, 0.2) is 30.3 Å². The normalized spacial score (nSPS) is 16.0. The van der Waals surface area contributed by atoms with E-state index in [1.165, 1.54) is 32.4 Å². The lowest BCUT2D eigenvalue weighted by Gasteiger charge is -2.31. The first-order valence-electron chi connectivity index (χ1n) is 7.50. The zero-order chi connectivity index (χ0) is 14.2. The van der Waals surface area contributed by atoms with Gasteiger partial charge >= 0.3 is 5.97 Å². The van der Waals surface area contributed by atoms with Gasteiger partial charge in [0.2, 0.25) is 0 Å². The van der Waals surface area contributed by atoms with Gasteiger partial charge in [-0.2, -0.15) is 0 Å². The summed E-state index contributed by atoms with van der Waals surface area (Å²) in [4.78, 5) is 15.5. The van der Waals surface area contributed by atoms with Gasteiger partial charge in [-0.3, -0.25) is 4.79 Å². The van der Waals surface area contributed by atoms with E-state index in [2.05, 4.69) is 21.9 Å². The van der Waals surface area contributed by atoms with Crippen molar-refractivity contribution in [1.29, 1.82) is 0 Å². The molecule has 0 spiro atoms. The molecule has 0 bridgehead atoms. The topological polar surface area (TPSA) is 43.8 Å². The Morgan fingerprint density at radius 1 is 1.10 bits per heavy atom. The first-order chi connectivity index (χ1) is 9.75. The Hall–Kier alpha value is -1.55. The third kappa shape index (κ3) is 4.85. The Morgan fingerprint density at radius 3 is 2.45 bits per heavy atom. The molecule has 0 saturated carbocycles. The summed E-state index contributed by atoms with van der Waals surface area (Å²) >= 11 is 0. The van der Waals surface area contributed by atoms with E-state index in [0.717, 1.165) is 18.8 Å². The number of hydrogen-bond donors (Lipinski definition) is 1. The number of piperidine rings is 1. The largest absolute Gasteiger partial charge is 0.481 e. The quantitative estimate of drug-likeness (QED) is 0.831. The molecule has 1 heterocycles. The van der Waals surface area contributed by atoms with Crippen LogP contribution >= 0.6 is 0 Å². The van der Waals surface area contributed by atoms with E-state index in [9.17, 15) is 4.79 Å². The lowest BCUT2D eigenvalue weighted by atomic mass is 10.1. The number of para-hydroxylation sites is 1. The van der Waals surface area contributed by atoms with Crippen LogP contribution in [0.4, 0.5) is 5.69 Å². The molecule has 0 unspecified atom stereocenters. The van der Waals surface area contributed by atoms with Gasteiger partial charge in [-0.25, -0.2) is 0 Å². The number of anilines is 1. The average molecular weight is 276 g/mol. The van der Waals surface area contributed by atoms with Gasteiger partial charge in [-0.15, -0.1) is 0 Å². The number of aliphatic carboxylic acids is 1. The maximum absolute atomic E-state index is 10.8. The number of carboxylic acid groups (broad SMARTS) is 1. The van der Waals surface area contributed by atoms with E-state index < -0.39 is 5.97 Å². The van der Waals surface area contributed by atoms with Crippen molar-refractivity contribution in [2.24, 2.45) is 0 Å². The molecular weight excluding hydrogens is 252 g/mol. The van der Waals surface area contributed by atoms with Gasteiger partial charge in [0.15, 0.2) is 0 Å². The first-order valence-corrected chi connectivity index (χ1v) is 7.50. The Labute approximate surface area is 121 Å².